The highest BCUT2D eigenvalue weighted by molar-refractivity contribution is 6.28. The van der Waals surface area contributed by atoms with Crippen LogP contribution >= 0.6 is 0 Å². The lowest BCUT2D eigenvalue weighted by molar-refractivity contribution is 0.487. The van der Waals surface area contributed by atoms with E-state index in [1.54, 1.807) is 0 Å². The highest BCUT2D eigenvalue weighted by Gasteiger charge is 2.23. The molecule has 0 aromatic heterocycles. The molecule has 0 spiro atoms. The van der Waals surface area contributed by atoms with Gasteiger partial charge in [-0.3, -0.25) is 0 Å². The van der Waals surface area contributed by atoms with Crippen molar-refractivity contribution in [2.45, 2.75) is 0 Å². The van der Waals surface area contributed by atoms with Gasteiger partial charge in [0, 0.05) is 10.9 Å². The summed E-state index contributed by atoms with van der Waals surface area (Å²) < 4.78 is 6.56. The Bertz CT molecular complexity index is 3050. The Morgan fingerprint density at radius 2 is 0.868 bits per heavy atom. The largest absolute Gasteiger partial charge is 0.456 e. The van der Waals surface area contributed by atoms with Crippen LogP contribution in [0.15, 0.2) is 194 Å². The molecule has 10 aromatic rings. The van der Waals surface area contributed by atoms with Crippen molar-refractivity contribution in [3.8, 4) is 67.1 Å². The minimum Gasteiger partial charge on any atom is -0.456 e. The first-order valence-electron chi connectivity index (χ1n) is 18.3. The maximum atomic E-state index is 6.56. The zero-order valence-electron chi connectivity index (χ0n) is 28.9. The van der Waals surface area contributed by atoms with Gasteiger partial charge in [0.1, 0.15) is 11.5 Å². The standard InChI is InChI=1S/C52H32O/c1-3-12-34(13-4-1)39-29-31-48-51-41(39)20-11-21-44(51)46-32-38(27-30-47(46)53-48)33-22-24-37(25-23-33)49-42-18-9-10-19-43(42)50(36-15-5-2-6-16-36)52-40-17-8-7-14-35(40)26-28-45(49)52/h1-32H. The zero-order valence-corrected chi connectivity index (χ0v) is 28.9. The number of fused-ring (bicyclic) bond motifs is 6. The molecular formula is C52H32O. The molecule has 1 aliphatic rings. The molecule has 0 saturated heterocycles. The average molecular weight is 673 g/mol. The van der Waals surface area contributed by atoms with Crippen molar-refractivity contribution in [1.82, 2.24) is 0 Å². The molecule has 11 rings (SSSR count). The van der Waals surface area contributed by atoms with E-state index >= 15 is 0 Å². The van der Waals surface area contributed by atoms with E-state index in [0.29, 0.717) is 0 Å². The van der Waals surface area contributed by atoms with Crippen molar-refractivity contribution in [3.63, 3.8) is 0 Å². The van der Waals surface area contributed by atoms with E-state index in [-0.39, 0.29) is 0 Å². The van der Waals surface area contributed by atoms with Crippen molar-refractivity contribution in [2.75, 3.05) is 0 Å². The molecule has 0 radical (unpaired) electrons. The Kier molecular flexibility index (Phi) is 6.62. The summed E-state index contributed by atoms with van der Waals surface area (Å²) in [7, 11) is 0. The van der Waals surface area contributed by atoms with Crippen LogP contribution in [0.5, 0.6) is 11.5 Å². The third-order valence-corrected chi connectivity index (χ3v) is 11.1. The summed E-state index contributed by atoms with van der Waals surface area (Å²) in [6, 6.07) is 70.4. The van der Waals surface area contributed by atoms with Gasteiger partial charge >= 0.3 is 0 Å². The molecule has 0 aliphatic carbocycles. The first-order chi connectivity index (χ1) is 26.3. The van der Waals surface area contributed by atoms with Gasteiger partial charge in [-0.1, -0.05) is 176 Å². The van der Waals surface area contributed by atoms with E-state index in [2.05, 4.69) is 194 Å². The monoisotopic (exact) mass is 672 g/mol. The minimum atomic E-state index is 0.890. The molecule has 0 atom stereocenters. The van der Waals surface area contributed by atoms with E-state index in [4.69, 9.17) is 4.74 Å². The highest BCUT2D eigenvalue weighted by Crippen LogP contribution is 2.50. The molecule has 0 fully saturated rings. The van der Waals surface area contributed by atoms with Crippen LogP contribution in [0.25, 0.3) is 98.7 Å². The lowest BCUT2D eigenvalue weighted by Gasteiger charge is -2.23. The molecular weight excluding hydrogens is 641 g/mol. The molecule has 53 heavy (non-hydrogen) atoms. The fraction of sp³-hybridized carbons (Fsp3) is 0. The highest BCUT2D eigenvalue weighted by atomic mass is 16.5. The Morgan fingerprint density at radius 1 is 0.264 bits per heavy atom. The summed E-state index contributed by atoms with van der Waals surface area (Å²) in [5.74, 6) is 1.80. The van der Waals surface area contributed by atoms with E-state index in [0.717, 1.165) is 17.1 Å². The summed E-state index contributed by atoms with van der Waals surface area (Å²) in [5, 5.41) is 9.98. The molecule has 1 aliphatic heterocycles. The van der Waals surface area contributed by atoms with Gasteiger partial charge in [0.15, 0.2) is 0 Å². The van der Waals surface area contributed by atoms with E-state index in [1.165, 1.54) is 93.2 Å². The Hall–Kier alpha value is -6.96. The van der Waals surface area contributed by atoms with Crippen molar-refractivity contribution in [3.05, 3.63) is 194 Å². The van der Waals surface area contributed by atoms with E-state index < -0.39 is 0 Å². The third-order valence-electron chi connectivity index (χ3n) is 11.1. The van der Waals surface area contributed by atoms with E-state index in [9.17, 15) is 0 Å². The van der Waals surface area contributed by atoms with Gasteiger partial charge in [0.05, 0.1) is 0 Å². The Morgan fingerprint density at radius 3 is 1.66 bits per heavy atom. The van der Waals surface area contributed by atoms with Crippen molar-refractivity contribution >= 4 is 43.1 Å². The second kappa shape index (κ2) is 11.8. The molecule has 0 saturated carbocycles. The summed E-state index contributed by atoms with van der Waals surface area (Å²) in [5.41, 5.74) is 12.1. The van der Waals surface area contributed by atoms with Crippen molar-refractivity contribution < 1.29 is 4.74 Å². The van der Waals surface area contributed by atoms with Gasteiger partial charge in [-0.05, 0) is 106 Å². The zero-order chi connectivity index (χ0) is 34.9. The lowest BCUT2D eigenvalue weighted by atomic mass is 9.84. The lowest BCUT2D eigenvalue weighted by Crippen LogP contribution is -1.98. The second-order valence-electron chi connectivity index (χ2n) is 14.0. The van der Waals surface area contributed by atoms with Crippen LogP contribution in [-0.4, -0.2) is 0 Å². The first kappa shape index (κ1) is 29.7. The molecule has 1 heteroatoms. The van der Waals surface area contributed by atoms with Crippen LogP contribution in [0.3, 0.4) is 0 Å². The van der Waals surface area contributed by atoms with Crippen molar-refractivity contribution in [1.29, 1.82) is 0 Å². The number of benzene rings is 10. The molecule has 1 heterocycles. The summed E-state index contributed by atoms with van der Waals surface area (Å²) >= 11 is 0. The van der Waals surface area contributed by atoms with Crippen LogP contribution in [-0.2, 0) is 0 Å². The Balaban J connectivity index is 1.06. The van der Waals surface area contributed by atoms with Crippen LogP contribution in [0.4, 0.5) is 0 Å². The second-order valence-corrected chi connectivity index (χ2v) is 14.0. The molecule has 0 unspecified atom stereocenters. The molecule has 0 amide bonds. The van der Waals surface area contributed by atoms with Gasteiger partial charge in [-0.2, -0.15) is 0 Å². The molecule has 246 valence electrons. The first-order valence-corrected chi connectivity index (χ1v) is 18.3. The van der Waals surface area contributed by atoms with Crippen LogP contribution < -0.4 is 4.74 Å². The molecule has 10 aromatic carbocycles. The molecule has 1 nitrogen and oxygen atoms in total. The fourth-order valence-electron chi connectivity index (χ4n) is 8.67. The average Bonchev–Trinajstić information content (AvgIpc) is 3.23. The quantitative estimate of drug-likeness (QED) is 0.134. The van der Waals surface area contributed by atoms with E-state index in [1.807, 2.05) is 0 Å². The number of hydrogen-bond donors (Lipinski definition) is 0. The van der Waals surface area contributed by atoms with Crippen LogP contribution in [0.2, 0.25) is 0 Å². The Labute approximate surface area is 308 Å². The third kappa shape index (κ3) is 4.64. The number of ether oxygens (including phenoxy) is 1. The number of hydrogen-bond acceptors (Lipinski definition) is 1. The van der Waals surface area contributed by atoms with Gasteiger partial charge in [0.25, 0.3) is 0 Å². The molecule has 0 bridgehead atoms. The normalized spacial score (nSPS) is 11.9. The van der Waals surface area contributed by atoms with Crippen LogP contribution in [0, 0.1) is 0 Å². The predicted molar refractivity (Wildman–Crippen MR) is 224 cm³/mol. The van der Waals surface area contributed by atoms with Gasteiger partial charge < -0.3 is 4.74 Å². The topological polar surface area (TPSA) is 9.23 Å². The summed E-state index contributed by atoms with van der Waals surface area (Å²) in [4.78, 5) is 0. The minimum absolute atomic E-state index is 0.890. The maximum absolute atomic E-state index is 6.56. The van der Waals surface area contributed by atoms with Gasteiger partial charge in [-0.15, -0.1) is 0 Å². The van der Waals surface area contributed by atoms with Gasteiger partial charge in [0.2, 0.25) is 0 Å². The number of rotatable bonds is 4. The molecule has 0 N–H and O–H groups in total. The SMILES string of the molecule is c1ccc(-c2ccc3c4c(cccc24)-c2cc(-c4ccc(-c5c6ccccc6c(-c6ccccc6)c6c5ccc5ccccc56)cc4)ccc2O3)cc1. The summed E-state index contributed by atoms with van der Waals surface area (Å²) in [6.07, 6.45) is 0. The van der Waals surface area contributed by atoms with Crippen molar-refractivity contribution in [2.24, 2.45) is 0 Å². The smallest absolute Gasteiger partial charge is 0.135 e. The van der Waals surface area contributed by atoms with Crippen LogP contribution in [0.1, 0.15) is 0 Å². The predicted octanol–water partition coefficient (Wildman–Crippen LogP) is 14.7. The fourth-order valence-corrected chi connectivity index (χ4v) is 8.67. The maximum Gasteiger partial charge on any atom is 0.135 e. The van der Waals surface area contributed by atoms with Gasteiger partial charge in [-0.25, -0.2) is 0 Å². The summed E-state index contributed by atoms with van der Waals surface area (Å²) in [6.45, 7) is 0.